The van der Waals surface area contributed by atoms with Crippen molar-refractivity contribution in [3.05, 3.63) is 85.9 Å². The monoisotopic (exact) mass is 697 g/mol. The van der Waals surface area contributed by atoms with Crippen LogP contribution in [0.2, 0.25) is 0 Å². The van der Waals surface area contributed by atoms with Gasteiger partial charge in [-0.05, 0) is 41.1 Å². The molecule has 44 heavy (non-hydrogen) atoms. The molecule has 0 saturated carbocycles. The largest absolute Gasteiger partial charge is 0.477 e. The Labute approximate surface area is 258 Å². The molecule has 1 fully saturated rings. The number of fused-ring (bicyclic) bond motifs is 1. The molecule has 1 aliphatic rings. The molecule has 234 valence electrons. The number of pyridine rings is 2. The second-order valence-electron chi connectivity index (χ2n) is 10.3. The van der Waals surface area contributed by atoms with E-state index in [0.29, 0.717) is 19.2 Å². The van der Waals surface area contributed by atoms with Crippen LogP contribution >= 0.6 is 15.9 Å². The first-order valence-electron chi connectivity index (χ1n) is 13.0. The third kappa shape index (κ3) is 6.72. The fraction of sp³-hybridized carbons (Fsp3) is 0.250. The van der Waals surface area contributed by atoms with Crippen LogP contribution in [0.5, 0.6) is 0 Å². The Bertz CT molecular complexity index is 1930. The predicted molar refractivity (Wildman–Crippen MR) is 162 cm³/mol. The van der Waals surface area contributed by atoms with E-state index in [-0.39, 0.29) is 38.0 Å². The predicted octanol–water partition coefficient (Wildman–Crippen LogP) is 4.27. The summed E-state index contributed by atoms with van der Waals surface area (Å²) in [6.07, 6.45) is 0.863. The summed E-state index contributed by atoms with van der Waals surface area (Å²) >= 11 is 3.32. The van der Waals surface area contributed by atoms with Crippen LogP contribution in [0, 0.1) is 24.4 Å². The molecular formula is C28H27BrF3N5O6S. The minimum absolute atomic E-state index is 0.0286. The zero-order valence-corrected chi connectivity index (χ0v) is 25.9. The maximum Gasteiger partial charge on any atom is 0.341 e. The topological polar surface area (TPSA) is 168 Å². The summed E-state index contributed by atoms with van der Waals surface area (Å²) in [6.45, 7) is 6.78. The highest BCUT2D eigenvalue weighted by Crippen LogP contribution is 2.39. The fourth-order valence-electron chi connectivity index (χ4n) is 4.60. The molecular weight excluding hydrogens is 671 g/mol. The number of nitrogen functional groups attached to an aromatic ring is 1. The van der Waals surface area contributed by atoms with Gasteiger partial charge in [0.05, 0.1) is 26.0 Å². The molecule has 3 heterocycles. The lowest BCUT2D eigenvalue weighted by Gasteiger charge is -2.43. The number of hydrogen-bond acceptors (Lipinski definition) is 8. The lowest BCUT2D eigenvalue weighted by atomic mass is 10.0. The Morgan fingerprint density at radius 3 is 2.27 bits per heavy atom. The van der Waals surface area contributed by atoms with E-state index >= 15 is 4.39 Å². The van der Waals surface area contributed by atoms with E-state index in [4.69, 9.17) is 10.3 Å². The van der Waals surface area contributed by atoms with Crippen molar-refractivity contribution in [3.8, 4) is 5.82 Å². The Kier molecular flexibility index (Phi) is 9.39. The lowest BCUT2D eigenvalue weighted by molar-refractivity contribution is 0.0695. The molecule has 0 atom stereocenters. The number of carbonyl (C=O) groups is 1. The van der Waals surface area contributed by atoms with Crippen molar-refractivity contribution in [1.29, 1.82) is 0 Å². The minimum Gasteiger partial charge on any atom is -0.477 e. The first-order chi connectivity index (χ1) is 20.5. The van der Waals surface area contributed by atoms with Crippen molar-refractivity contribution in [3.63, 3.8) is 0 Å². The van der Waals surface area contributed by atoms with Gasteiger partial charge in [0.25, 0.3) is 10.1 Å². The van der Waals surface area contributed by atoms with Crippen LogP contribution in [0.1, 0.15) is 29.8 Å². The molecule has 11 nitrogen and oxygen atoms in total. The number of carboxylic acid groups (broad SMARTS) is 1. The number of aryl methyl sites for hydroxylation is 1. The molecule has 1 aliphatic heterocycles. The summed E-state index contributed by atoms with van der Waals surface area (Å²) in [6, 6.07) is 7.76. The maximum absolute atomic E-state index is 15.1. The van der Waals surface area contributed by atoms with Crippen molar-refractivity contribution in [2.45, 2.75) is 37.8 Å². The number of halogens is 4. The van der Waals surface area contributed by atoms with Gasteiger partial charge in [0.1, 0.15) is 11.4 Å². The summed E-state index contributed by atoms with van der Waals surface area (Å²) in [7, 11) is -4.02. The lowest BCUT2D eigenvalue weighted by Crippen LogP contribution is -2.59. The third-order valence-corrected chi connectivity index (χ3v) is 8.26. The van der Waals surface area contributed by atoms with Crippen molar-refractivity contribution >= 4 is 54.4 Å². The van der Waals surface area contributed by atoms with E-state index in [1.165, 1.54) is 12.1 Å². The summed E-state index contributed by atoms with van der Waals surface area (Å²) in [5.74, 6) is -5.77. The molecule has 2 aromatic heterocycles. The van der Waals surface area contributed by atoms with Gasteiger partial charge in [0.15, 0.2) is 23.3 Å². The number of nitrogens with zero attached hydrogens (tertiary/aromatic N) is 3. The first kappa shape index (κ1) is 32.9. The molecule has 5 N–H and O–H groups in total. The molecule has 0 radical (unpaired) electrons. The molecule has 1 saturated heterocycles. The number of aromatic carboxylic acids is 1. The van der Waals surface area contributed by atoms with Gasteiger partial charge in [-0.25, -0.2) is 22.9 Å². The smallest absolute Gasteiger partial charge is 0.341 e. The van der Waals surface area contributed by atoms with E-state index in [1.807, 2.05) is 20.8 Å². The average molecular weight is 699 g/mol. The highest BCUT2D eigenvalue weighted by Gasteiger charge is 2.32. The van der Waals surface area contributed by atoms with Crippen LogP contribution in [0.25, 0.3) is 16.7 Å². The van der Waals surface area contributed by atoms with Crippen molar-refractivity contribution in [2.24, 2.45) is 0 Å². The van der Waals surface area contributed by atoms with E-state index in [2.05, 4.69) is 26.2 Å². The second kappa shape index (κ2) is 12.6. The highest BCUT2D eigenvalue weighted by atomic mass is 79.9. The number of nitrogens with two attached hydrogens (primary N) is 1. The Hall–Kier alpha value is -3.99. The zero-order chi connectivity index (χ0) is 32.7. The number of carboxylic acids is 1. The van der Waals surface area contributed by atoms with Gasteiger partial charge in [0, 0.05) is 37.4 Å². The molecule has 2 aromatic carbocycles. The van der Waals surface area contributed by atoms with Crippen LogP contribution in [0.3, 0.4) is 0 Å². The summed E-state index contributed by atoms with van der Waals surface area (Å²) < 4.78 is 74.1. The van der Waals surface area contributed by atoms with Crippen LogP contribution < -0.4 is 21.4 Å². The summed E-state index contributed by atoms with van der Waals surface area (Å²) in [4.78, 5) is 29.8. The fourth-order valence-corrected chi connectivity index (χ4v) is 5.93. The maximum atomic E-state index is 15.1. The molecule has 0 aliphatic carbocycles. The second-order valence-corrected chi connectivity index (χ2v) is 12.6. The SMILES string of the molecule is CC(C)NC1CN(c2c(F)cc3c(=O)c(C(=O)O)cn(-c4nc(N)c(F)cc4F)c3c2Br)C1.Cc1ccc(S(=O)(=O)O)cc1. The van der Waals surface area contributed by atoms with Gasteiger partial charge in [-0.3, -0.25) is 13.9 Å². The number of aromatic nitrogens is 2. The van der Waals surface area contributed by atoms with Gasteiger partial charge in [-0.15, -0.1) is 0 Å². The van der Waals surface area contributed by atoms with Crippen LogP contribution in [0.15, 0.2) is 56.8 Å². The quantitative estimate of drug-likeness (QED) is 0.214. The highest BCUT2D eigenvalue weighted by molar-refractivity contribution is 9.10. The molecule has 0 unspecified atom stereocenters. The molecule has 0 amide bonds. The van der Waals surface area contributed by atoms with Crippen LogP contribution in [0.4, 0.5) is 24.7 Å². The summed E-state index contributed by atoms with van der Waals surface area (Å²) in [5.41, 5.74) is 4.84. The van der Waals surface area contributed by atoms with Gasteiger partial charge < -0.3 is 21.1 Å². The molecule has 4 aromatic rings. The number of rotatable bonds is 6. The van der Waals surface area contributed by atoms with E-state index in [0.717, 1.165) is 22.4 Å². The van der Waals surface area contributed by atoms with Gasteiger partial charge in [0.2, 0.25) is 5.43 Å². The standard InChI is InChI=1S/C21H19BrF3N5O3.C7H8O3S/c1-8(2)27-9-5-29(6-9)17-12(23)3-10-16(15(17)22)30(7-11(18(10)31)21(32)33)20-14(25)4-13(24)19(26)28-20;1-6-2-4-7(5-3-6)11(8,9)10/h3-4,7-9,27H,5-6H2,1-2H3,(H2,26,28)(H,32,33);2-5H,1H3,(H,8,9,10). The number of hydrogen-bond donors (Lipinski definition) is 4. The third-order valence-electron chi connectivity index (χ3n) is 6.64. The van der Waals surface area contributed by atoms with Crippen molar-refractivity contribution < 1.29 is 36.0 Å². The van der Waals surface area contributed by atoms with Crippen molar-refractivity contribution in [2.75, 3.05) is 23.7 Å². The number of nitrogens with one attached hydrogen (secondary N) is 1. The summed E-state index contributed by atoms with van der Waals surface area (Å²) in [5, 5.41) is 12.5. The van der Waals surface area contributed by atoms with Gasteiger partial charge >= 0.3 is 5.97 Å². The Balaban J connectivity index is 0.000000339. The van der Waals surface area contributed by atoms with E-state index < -0.39 is 56.2 Å². The molecule has 0 bridgehead atoms. The average Bonchev–Trinajstić information content (AvgIpc) is 2.89. The van der Waals surface area contributed by atoms with E-state index in [1.54, 1.807) is 17.0 Å². The first-order valence-corrected chi connectivity index (χ1v) is 15.2. The number of benzene rings is 2. The Morgan fingerprint density at radius 1 is 1.11 bits per heavy atom. The van der Waals surface area contributed by atoms with Gasteiger partial charge in [-0.2, -0.15) is 8.42 Å². The normalized spacial score (nSPS) is 13.5. The zero-order valence-electron chi connectivity index (χ0n) is 23.5. The van der Waals surface area contributed by atoms with Crippen LogP contribution in [-0.2, 0) is 10.1 Å². The Morgan fingerprint density at radius 2 is 1.73 bits per heavy atom. The van der Waals surface area contributed by atoms with Gasteiger partial charge in [-0.1, -0.05) is 31.5 Å². The van der Waals surface area contributed by atoms with E-state index in [9.17, 15) is 31.9 Å². The minimum atomic E-state index is -4.02. The molecule has 5 rings (SSSR count). The molecule has 0 spiro atoms. The number of anilines is 2. The molecule has 16 heteroatoms. The van der Waals surface area contributed by atoms with Crippen molar-refractivity contribution in [1.82, 2.24) is 14.9 Å². The van der Waals surface area contributed by atoms with Crippen LogP contribution in [-0.4, -0.2) is 58.8 Å².